The Balaban J connectivity index is 1.91. The third kappa shape index (κ3) is 3.33. The van der Waals surface area contributed by atoms with Crippen LogP contribution in [0.15, 0.2) is 12.4 Å². The smallest absolute Gasteiger partial charge is 0.122 e. The van der Waals surface area contributed by atoms with Crippen molar-refractivity contribution < 1.29 is 0 Å². The molecule has 18 heavy (non-hydrogen) atoms. The molecule has 1 saturated heterocycles. The lowest BCUT2D eigenvalue weighted by atomic mass is 10.1. The van der Waals surface area contributed by atoms with E-state index in [1.54, 1.807) is 0 Å². The molecule has 0 amide bonds. The summed E-state index contributed by atoms with van der Waals surface area (Å²) in [5.41, 5.74) is 0. The summed E-state index contributed by atoms with van der Waals surface area (Å²) < 4.78 is 2.24. The first kappa shape index (κ1) is 13.6. The van der Waals surface area contributed by atoms with Crippen molar-refractivity contribution in [3.63, 3.8) is 0 Å². The van der Waals surface area contributed by atoms with Gasteiger partial charge in [-0.05, 0) is 46.8 Å². The second kappa shape index (κ2) is 6.34. The number of rotatable bonds is 4. The predicted molar refractivity (Wildman–Crippen MR) is 74.5 cm³/mol. The summed E-state index contributed by atoms with van der Waals surface area (Å²) in [6.07, 6.45) is 7.90. The van der Waals surface area contributed by atoms with Crippen LogP contribution in [0.3, 0.4) is 0 Å². The minimum atomic E-state index is 0.751. The lowest BCUT2D eigenvalue weighted by molar-refractivity contribution is 0.240. The highest BCUT2D eigenvalue weighted by molar-refractivity contribution is 4.92. The molecule has 0 aliphatic carbocycles. The highest BCUT2D eigenvalue weighted by Gasteiger charge is 2.19. The Morgan fingerprint density at radius 3 is 2.89 bits per heavy atom. The largest absolute Gasteiger partial charge is 0.334 e. The normalized spacial score (nSPS) is 22.3. The van der Waals surface area contributed by atoms with Crippen molar-refractivity contribution in [2.24, 2.45) is 0 Å². The number of nitrogens with zero attached hydrogens (tertiary/aromatic N) is 4. The second-order valence-electron chi connectivity index (χ2n) is 5.45. The van der Waals surface area contributed by atoms with Gasteiger partial charge in [-0.3, -0.25) is 4.90 Å². The maximum atomic E-state index is 4.48. The Labute approximate surface area is 111 Å². The molecule has 4 heteroatoms. The SMILES string of the molecule is CCn1ccnc1CN1CCC[C@@H](N(C)C)CC1. The van der Waals surface area contributed by atoms with Gasteiger partial charge in [-0.2, -0.15) is 0 Å². The third-order valence-corrected chi connectivity index (χ3v) is 4.03. The average Bonchev–Trinajstić information content (AvgIpc) is 2.65. The van der Waals surface area contributed by atoms with E-state index in [4.69, 9.17) is 0 Å². The van der Waals surface area contributed by atoms with Gasteiger partial charge >= 0.3 is 0 Å². The first-order valence-electron chi connectivity index (χ1n) is 7.09. The van der Waals surface area contributed by atoms with Gasteiger partial charge in [0.15, 0.2) is 0 Å². The van der Waals surface area contributed by atoms with Crippen molar-refractivity contribution in [1.29, 1.82) is 0 Å². The fourth-order valence-electron chi connectivity index (χ4n) is 2.79. The Kier molecular flexibility index (Phi) is 4.78. The summed E-state index contributed by atoms with van der Waals surface area (Å²) in [6, 6.07) is 0.751. The van der Waals surface area contributed by atoms with Crippen molar-refractivity contribution in [2.45, 2.75) is 45.3 Å². The molecular formula is C14H26N4. The van der Waals surface area contributed by atoms with E-state index < -0.39 is 0 Å². The van der Waals surface area contributed by atoms with Crippen LogP contribution in [0.2, 0.25) is 0 Å². The van der Waals surface area contributed by atoms with Crippen LogP contribution in [0.5, 0.6) is 0 Å². The van der Waals surface area contributed by atoms with Gasteiger partial charge in [-0.1, -0.05) is 0 Å². The molecular weight excluding hydrogens is 224 g/mol. The Hall–Kier alpha value is -0.870. The number of aryl methyl sites for hydroxylation is 1. The monoisotopic (exact) mass is 250 g/mol. The molecule has 0 spiro atoms. The zero-order chi connectivity index (χ0) is 13.0. The first-order valence-corrected chi connectivity index (χ1v) is 7.09. The van der Waals surface area contributed by atoms with Crippen molar-refractivity contribution >= 4 is 0 Å². The van der Waals surface area contributed by atoms with Gasteiger partial charge in [-0.15, -0.1) is 0 Å². The molecule has 1 aliphatic rings. The van der Waals surface area contributed by atoms with Crippen LogP contribution in [-0.2, 0) is 13.1 Å². The zero-order valence-electron chi connectivity index (χ0n) is 12.0. The summed E-state index contributed by atoms with van der Waals surface area (Å²) in [5, 5.41) is 0. The lowest BCUT2D eigenvalue weighted by Crippen LogP contribution is -2.30. The van der Waals surface area contributed by atoms with Crippen LogP contribution in [0.25, 0.3) is 0 Å². The Morgan fingerprint density at radius 2 is 2.17 bits per heavy atom. The minimum absolute atomic E-state index is 0.751. The molecule has 102 valence electrons. The van der Waals surface area contributed by atoms with Crippen molar-refractivity contribution in [3.05, 3.63) is 18.2 Å². The van der Waals surface area contributed by atoms with Crippen LogP contribution in [-0.4, -0.2) is 52.6 Å². The molecule has 0 radical (unpaired) electrons. The number of imidazole rings is 1. The summed E-state index contributed by atoms with van der Waals surface area (Å²) in [5.74, 6) is 1.21. The highest BCUT2D eigenvalue weighted by Crippen LogP contribution is 2.16. The fourth-order valence-corrected chi connectivity index (χ4v) is 2.79. The van der Waals surface area contributed by atoms with Gasteiger partial charge in [0.1, 0.15) is 5.82 Å². The molecule has 0 unspecified atom stereocenters. The highest BCUT2D eigenvalue weighted by atomic mass is 15.2. The van der Waals surface area contributed by atoms with E-state index in [0.29, 0.717) is 0 Å². The number of hydrogen-bond donors (Lipinski definition) is 0. The van der Waals surface area contributed by atoms with E-state index in [-0.39, 0.29) is 0 Å². The summed E-state index contributed by atoms with van der Waals surface area (Å²) >= 11 is 0. The molecule has 4 nitrogen and oxygen atoms in total. The molecule has 1 fully saturated rings. The van der Waals surface area contributed by atoms with Gasteiger partial charge in [0.25, 0.3) is 0 Å². The Bertz CT molecular complexity index is 358. The van der Waals surface area contributed by atoms with Gasteiger partial charge < -0.3 is 9.47 Å². The van der Waals surface area contributed by atoms with Crippen LogP contribution in [0.4, 0.5) is 0 Å². The standard InChI is InChI=1S/C14H26N4/c1-4-18-11-8-15-14(18)12-17-9-5-6-13(7-10-17)16(2)3/h8,11,13H,4-7,9-10,12H2,1-3H3/t13-/m1/s1. The van der Waals surface area contributed by atoms with Crippen LogP contribution in [0.1, 0.15) is 32.0 Å². The maximum Gasteiger partial charge on any atom is 0.122 e. The molecule has 0 saturated carbocycles. The van der Waals surface area contributed by atoms with E-state index in [9.17, 15) is 0 Å². The summed E-state index contributed by atoms with van der Waals surface area (Å²) in [4.78, 5) is 9.40. The molecule has 2 heterocycles. The second-order valence-corrected chi connectivity index (χ2v) is 5.45. The summed E-state index contributed by atoms with van der Waals surface area (Å²) in [6.45, 7) is 6.60. The quantitative estimate of drug-likeness (QED) is 0.814. The van der Waals surface area contributed by atoms with Gasteiger partial charge in [0, 0.05) is 31.5 Å². The van der Waals surface area contributed by atoms with Crippen LogP contribution in [0, 0.1) is 0 Å². The molecule has 0 bridgehead atoms. The van der Waals surface area contributed by atoms with Gasteiger partial charge in [-0.25, -0.2) is 4.98 Å². The molecule has 0 aromatic carbocycles. The van der Waals surface area contributed by atoms with Gasteiger partial charge in [0.2, 0.25) is 0 Å². The maximum absolute atomic E-state index is 4.48. The molecule has 2 rings (SSSR count). The predicted octanol–water partition coefficient (Wildman–Crippen LogP) is 1.82. The van der Waals surface area contributed by atoms with E-state index in [2.05, 4.69) is 46.6 Å². The average molecular weight is 250 g/mol. The van der Waals surface area contributed by atoms with Crippen LogP contribution < -0.4 is 0 Å². The topological polar surface area (TPSA) is 24.3 Å². The molecule has 0 N–H and O–H groups in total. The molecule has 1 atom stereocenters. The number of aromatic nitrogens is 2. The number of hydrogen-bond acceptors (Lipinski definition) is 3. The van der Waals surface area contributed by atoms with Gasteiger partial charge in [0.05, 0.1) is 6.54 Å². The van der Waals surface area contributed by atoms with E-state index in [1.807, 2.05) is 6.20 Å². The van der Waals surface area contributed by atoms with Crippen molar-refractivity contribution in [1.82, 2.24) is 19.4 Å². The first-order chi connectivity index (χ1) is 8.70. The van der Waals surface area contributed by atoms with Crippen molar-refractivity contribution in [2.75, 3.05) is 27.2 Å². The summed E-state index contributed by atoms with van der Waals surface area (Å²) in [7, 11) is 4.40. The lowest BCUT2D eigenvalue weighted by Gasteiger charge is -2.23. The zero-order valence-corrected chi connectivity index (χ0v) is 12.0. The van der Waals surface area contributed by atoms with Crippen LogP contribution >= 0.6 is 0 Å². The van der Waals surface area contributed by atoms with E-state index >= 15 is 0 Å². The molecule has 1 aliphatic heterocycles. The third-order valence-electron chi connectivity index (χ3n) is 4.03. The fraction of sp³-hybridized carbons (Fsp3) is 0.786. The van der Waals surface area contributed by atoms with E-state index in [0.717, 1.165) is 19.1 Å². The Morgan fingerprint density at radius 1 is 1.33 bits per heavy atom. The molecule has 1 aromatic rings. The minimum Gasteiger partial charge on any atom is -0.334 e. The molecule has 1 aromatic heterocycles. The number of likely N-dealkylation sites (tertiary alicyclic amines) is 1. The van der Waals surface area contributed by atoms with E-state index in [1.165, 1.54) is 38.2 Å². The van der Waals surface area contributed by atoms with Crippen molar-refractivity contribution in [3.8, 4) is 0 Å².